The van der Waals surface area contributed by atoms with E-state index < -0.39 is 34.6 Å². The molecule has 0 radical (unpaired) electrons. The first-order valence-corrected chi connectivity index (χ1v) is 14.8. The van der Waals surface area contributed by atoms with Crippen molar-refractivity contribution >= 4 is 21.6 Å². The molecule has 0 saturated carbocycles. The Morgan fingerprint density at radius 2 is 1.32 bits per heavy atom. The average Bonchev–Trinajstić information content (AvgIpc) is 3.29. The summed E-state index contributed by atoms with van der Waals surface area (Å²) in [6.45, 7) is -1.32. The van der Waals surface area contributed by atoms with Gasteiger partial charge >= 0.3 is 6.18 Å². The number of anilines is 1. The fourth-order valence-corrected chi connectivity index (χ4v) is 6.35. The number of unbranched alkanes of at least 4 members (excludes halogenated alkanes) is 1. The molecule has 1 amide bonds. The topological polar surface area (TPSA) is 66.5 Å². The van der Waals surface area contributed by atoms with Gasteiger partial charge in [0.1, 0.15) is 6.54 Å². The van der Waals surface area contributed by atoms with Crippen LogP contribution >= 0.6 is 0 Å². The number of halogens is 3. The lowest BCUT2D eigenvalue weighted by molar-refractivity contribution is -0.161. The number of sulfonamides is 1. The predicted molar refractivity (Wildman–Crippen MR) is 153 cm³/mol. The molecule has 0 spiro atoms. The van der Waals surface area contributed by atoms with E-state index >= 15 is 0 Å². The molecule has 1 N–H and O–H groups in total. The Bertz CT molecular complexity index is 1580. The number of alkyl halides is 3. The van der Waals surface area contributed by atoms with Crippen molar-refractivity contribution in [1.82, 2.24) is 4.90 Å². The maximum Gasteiger partial charge on any atom is 0.406 e. The molecule has 212 valence electrons. The minimum atomic E-state index is -4.52. The van der Waals surface area contributed by atoms with E-state index in [0.29, 0.717) is 24.9 Å². The maximum absolute atomic E-state index is 13.6. The van der Waals surface area contributed by atoms with Gasteiger partial charge < -0.3 is 4.90 Å². The molecule has 5 rings (SSSR count). The second-order valence-electron chi connectivity index (χ2n) is 10.1. The molecule has 0 unspecified atom stereocenters. The zero-order valence-electron chi connectivity index (χ0n) is 22.1. The molecule has 1 aliphatic rings. The molecule has 0 saturated heterocycles. The Kier molecular flexibility index (Phi) is 8.17. The number of hydrogen-bond donors (Lipinski definition) is 1. The van der Waals surface area contributed by atoms with E-state index in [4.69, 9.17) is 0 Å². The lowest BCUT2D eigenvalue weighted by Gasteiger charge is -2.27. The Morgan fingerprint density at radius 3 is 1.90 bits per heavy atom. The van der Waals surface area contributed by atoms with E-state index in [1.54, 1.807) is 54.6 Å². The van der Waals surface area contributed by atoms with Crippen LogP contribution in [0.2, 0.25) is 0 Å². The van der Waals surface area contributed by atoms with Gasteiger partial charge in [-0.3, -0.25) is 9.52 Å². The highest BCUT2D eigenvalue weighted by Crippen LogP contribution is 2.45. The fourth-order valence-electron chi connectivity index (χ4n) is 5.27. The highest BCUT2D eigenvalue weighted by molar-refractivity contribution is 7.92. The number of carbonyl (C=O) groups excluding carboxylic acids is 1. The third kappa shape index (κ3) is 6.62. The van der Waals surface area contributed by atoms with Gasteiger partial charge in [-0.05, 0) is 71.3 Å². The summed E-state index contributed by atoms with van der Waals surface area (Å²) in [5.74, 6) is -1.31. The van der Waals surface area contributed by atoms with Crippen LogP contribution in [0.1, 0.15) is 35.4 Å². The molecule has 0 atom stereocenters. The number of aryl methyl sites for hydroxylation is 1. The minimum Gasteiger partial charge on any atom is -0.333 e. The molecule has 1 aliphatic carbocycles. The van der Waals surface area contributed by atoms with Gasteiger partial charge in [0.25, 0.3) is 10.0 Å². The first-order chi connectivity index (χ1) is 19.6. The first kappa shape index (κ1) is 28.4. The molecule has 41 heavy (non-hydrogen) atoms. The summed E-state index contributed by atoms with van der Waals surface area (Å²) in [4.78, 5) is 14.7. The van der Waals surface area contributed by atoms with Crippen LogP contribution in [0.5, 0.6) is 0 Å². The summed E-state index contributed by atoms with van der Waals surface area (Å²) < 4.78 is 68.2. The van der Waals surface area contributed by atoms with Gasteiger partial charge in [-0.2, -0.15) is 13.2 Å². The first-order valence-electron chi connectivity index (χ1n) is 13.3. The molecule has 0 heterocycles. The lowest BCUT2D eigenvalue weighted by Crippen LogP contribution is -2.42. The molecule has 0 aromatic heterocycles. The van der Waals surface area contributed by atoms with E-state index in [9.17, 15) is 26.4 Å². The van der Waals surface area contributed by atoms with Gasteiger partial charge in [-0.1, -0.05) is 78.9 Å². The Hall–Kier alpha value is -4.11. The highest BCUT2D eigenvalue weighted by atomic mass is 32.2. The van der Waals surface area contributed by atoms with E-state index in [2.05, 4.69) is 4.72 Å². The largest absolute Gasteiger partial charge is 0.406 e. The highest BCUT2D eigenvalue weighted by Gasteiger charge is 2.39. The van der Waals surface area contributed by atoms with Crippen LogP contribution in [0.15, 0.2) is 108 Å². The minimum absolute atomic E-state index is 0.0197. The predicted octanol–water partition coefficient (Wildman–Crippen LogP) is 7.01. The molecule has 4 aromatic carbocycles. The number of rotatable bonds is 10. The van der Waals surface area contributed by atoms with Gasteiger partial charge in [0.15, 0.2) is 0 Å². The Labute approximate surface area is 237 Å². The molecular weight excluding hydrogens is 549 g/mol. The van der Waals surface area contributed by atoms with Crippen molar-refractivity contribution in [1.29, 1.82) is 0 Å². The van der Waals surface area contributed by atoms with Crippen LogP contribution in [-0.2, 0) is 21.2 Å². The number of nitrogens with one attached hydrogen (secondary N) is 1. The van der Waals surface area contributed by atoms with Crippen LogP contribution in [0.3, 0.4) is 0 Å². The summed E-state index contributed by atoms with van der Waals surface area (Å²) in [6, 6.07) is 29.7. The standard InChI is InChI=1S/C32H29F3N2O3S/c33-32(34,35)22-37(31(38)30-28-15-6-4-13-26(28)27-14-5-7-16-29(27)30)21-9-8-10-23-17-19-24(20-18-23)36-41(39,40)25-11-2-1-3-12-25/h1-7,11-20,30,36H,8-10,21-22H2. The molecular formula is C32H29F3N2O3S. The van der Waals surface area contributed by atoms with Crippen molar-refractivity contribution in [3.8, 4) is 11.1 Å². The summed E-state index contributed by atoms with van der Waals surface area (Å²) in [5, 5.41) is 0. The van der Waals surface area contributed by atoms with Gasteiger partial charge in [-0.25, -0.2) is 8.42 Å². The van der Waals surface area contributed by atoms with Crippen molar-refractivity contribution in [2.45, 2.75) is 36.3 Å². The van der Waals surface area contributed by atoms with Gasteiger partial charge in [0, 0.05) is 12.2 Å². The lowest BCUT2D eigenvalue weighted by atomic mass is 9.95. The van der Waals surface area contributed by atoms with Crippen LogP contribution in [0.25, 0.3) is 11.1 Å². The monoisotopic (exact) mass is 578 g/mol. The summed E-state index contributed by atoms with van der Waals surface area (Å²) in [7, 11) is -3.70. The number of nitrogens with zero attached hydrogens (tertiary/aromatic N) is 1. The van der Waals surface area contributed by atoms with Crippen LogP contribution in [-0.4, -0.2) is 38.5 Å². The van der Waals surface area contributed by atoms with Crippen molar-refractivity contribution < 1.29 is 26.4 Å². The Balaban J connectivity index is 1.22. The molecule has 9 heteroatoms. The normalized spacial score (nSPS) is 13.0. The van der Waals surface area contributed by atoms with Crippen molar-refractivity contribution in [3.05, 3.63) is 120 Å². The second-order valence-corrected chi connectivity index (χ2v) is 11.7. The number of carbonyl (C=O) groups is 1. The average molecular weight is 579 g/mol. The SMILES string of the molecule is O=C(C1c2ccccc2-c2ccccc21)N(CCCCc1ccc(NS(=O)(=O)c2ccccc2)cc1)CC(F)(F)F. The summed E-state index contributed by atoms with van der Waals surface area (Å²) in [6.07, 6.45) is -2.99. The van der Waals surface area contributed by atoms with E-state index in [1.165, 1.54) is 12.1 Å². The van der Waals surface area contributed by atoms with E-state index in [-0.39, 0.29) is 11.4 Å². The van der Waals surface area contributed by atoms with Gasteiger partial charge in [0.05, 0.1) is 10.8 Å². The maximum atomic E-state index is 13.6. The van der Waals surface area contributed by atoms with Crippen molar-refractivity contribution in [2.75, 3.05) is 17.8 Å². The molecule has 0 aliphatic heterocycles. The Morgan fingerprint density at radius 1 is 0.756 bits per heavy atom. The number of fused-ring (bicyclic) bond motifs is 3. The summed E-state index contributed by atoms with van der Waals surface area (Å²) >= 11 is 0. The van der Waals surface area contributed by atoms with Crippen molar-refractivity contribution in [2.24, 2.45) is 0 Å². The van der Waals surface area contributed by atoms with Crippen LogP contribution < -0.4 is 4.72 Å². The van der Waals surface area contributed by atoms with E-state index in [1.807, 2.05) is 36.4 Å². The van der Waals surface area contributed by atoms with E-state index in [0.717, 1.165) is 32.7 Å². The third-order valence-corrected chi connectivity index (χ3v) is 8.56. The number of hydrogen-bond acceptors (Lipinski definition) is 3. The second kappa shape index (κ2) is 11.8. The van der Waals surface area contributed by atoms with Crippen LogP contribution in [0.4, 0.5) is 18.9 Å². The molecule has 0 fully saturated rings. The molecule has 5 nitrogen and oxygen atoms in total. The zero-order chi connectivity index (χ0) is 29.0. The summed E-state index contributed by atoms with van der Waals surface area (Å²) in [5.41, 5.74) is 4.55. The number of benzene rings is 4. The van der Waals surface area contributed by atoms with Crippen molar-refractivity contribution in [3.63, 3.8) is 0 Å². The quantitative estimate of drug-likeness (QED) is 0.206. The van der Waals surface area contributed by atoms with Gasteiger partial charge in [0.2, 0.25) is 5.91 Å². The molecule has 0 bridgehead atoms. The zero-order valence-corrected chi connectivity index (χ0v) is 23.0. The number of amides is 1. The fraction of sp³-hybridized carbons (Fsp3) is 0.219. The molecule has 4 aromatic rings. The van der Waals surface area contributed by atoms with Gasteiger partial charge in [-0.15, -0.1) is 0 Å². The van der Waals surface area contributed by atoms with Crippen LogP contribution in [0, 0.1) is 0 Å². The third-order valence-electron chi connectivity index (χ3n) is 7.17. The smallest absolute Gasteiger partial charge is 0.333 e.